The molecular formula is C15H23NO2. The highest BCUT2D eigenvalue weighted by Crippen LogP contribution is 2.04. The summed E-state index contributed by atoms with van der Waals surface area (Å²) in [5, 5.41) is 2.87. The van der Waals surface area contributed by atoms with E-state index < -0.39 is 0 Å². The molecule has 0 spiro atoms. The second-order valence-electron chi connectivity index (χ2n) is 4.41. The molecule has 0 radical (unpaired) electrons. The van der Waals surface area contributed by atoms with Crippen LogP contribution in [0, 0.1) is 0 Å². The van der Waals surface area contributed by atoms with Gasteiger partial charge in [-0.25, -0.2) is 0 Å². The van der Waals surface area contributed by atoms with Gasteiger partial charge in [0.25, 0.3) is 0 Å². The van der Waals surface area contributed by atoms with Crippen LogP contribution in [0.1, 0.15) is 51.2 Å². The smallest absolute Gasteiger partial charge is 0.244 e. The molecule has 0 aromatic carbocycles. The van der Waals surface area contributed by atoms with Gasteiger partial charge in [0.2, 0.25) is 5.91 Å². The Balaban J connectivity index is 2.00. The molecule has 0 aliphatic carbocycles. The van der Waals surface area contributed by atoms with Crippen LogP contribution in [0.2, 0.25) is 0 Å². The quantitative estimate of drug-likeness (QED) is 0.534. The largest absolute Gasteiger partial charge is 0.465 e. The van der Waals surface area contributed by atoms with Crippen molar-refractivity contribution in [1.82, 2.24) is 5.32 Å². The number of carbonyl (C=O) groups excluding carboxylic acids is 1. The van der Waals surface area contributed by atoms with Crippen molar-refractivity contribution in [3.05, 3.63) is 30.2 Å². The summed E-state index contributed by atoms with van der Waals surface area (Å²) in [6.45, 7) is 2.97. The van der Waals surface area contributed by atoms with Crippen LogP contribution in [-0.2, 0) is 4.79 Å². The van der Waals surface area contributed by atoms with Crippen LogP contribution in [0.25, 0.3) is 6.08 Å². The topological polar surface area (TPSA) is 42.2 Å². The Bertz CT molecular complexity index is 341. The van der Waals surface area contributed by atoms with Crippen LogP contribution in [0.3, 0.4) is 0 Å². The van der Waals surface area contributed by atoms with Crippen LogP contribution in [-0.4, -0.2) is 12.5 Å². The van der Waals surface area contributed by atoms with Crippen LogP contribution >= 0.6 is 0 Å². The molecule has 100 valence electrons. The molecule has 0 unspecified atom stereocenters. The minimum Gasteiger partial charge on any atom is -0.465 e. The van der Waals surface area contributed by atoms with Gasteiger partial charge in [0, 0.05) is 12.6 Å². The molecule has 1 N–H and O–H groups in total. The first kappa shape index (κ1) is 14.6. The Morgan fingerprint density at radius 2 is 2.06 bits per heavy atom. The van der Waals surface area contributed by atoms with E-state index in [1.165, 1.54) is 38.2 Å². The minimum atomic E-state index is -0.0556. The average molecular weight is 249 g/mol. The molecule has 1 aromatic rings. The molecule has 3 nitrogen and oxygen atoms in total. The molecule has 0 aliphatic heterocycles. The normalized spacial score (nSPS) is 10.9. The summed E-state index contributed by atoms with van der Waals surface area (Å²) < 4.78 is 5.10. The van der Waals surface area contributed by atoms with Crippen molar-refractivity contribution in [2.45, 2.75) is 45.4 Å². The molecule has 1 rings (SSSR count). The van der Waals surface area contributed by atoms with Gasteiger partial charge in [-0.2, -0.15) is 0 Å². The molecule has 18 heavy (non-hydrogen) atoms. The van der Waals surface area contributed by atoms with E-state index in [0.717, 1.165) is 13.0 Å². The number of rotatable bonds is 9. The second-order valence-corrected chi connectivity index (χ2v) is 4.41. The van der Waals surface area contributed by atoms with E-state index in [1.54, 1.807) is 18.4 Å². The molecule has 1 heterocycles. The maximum Gasteiger partial charge on any atom is 0.244 e. The maximum absolute atomic E-state index is 11.4. The van der Waals surface area contributed by atoms with E-state index in [2.05, 4.69) is 12.2 Å². The number of nitrogens with one attached hydrogen (secondary N) is 1. The highest BCUT2D eigenvalue weighted by molar-refractivity contribution is 5.91. The lowest BCUT2D eigenvalue weighted by Crippen LogP contribution is -2.21. The molecule has 0 bridgehead atoms. The highest BCUT2D eigenvalue weighted by atomic mass is 16.3. The number of carbonyl (C=O) groups is 1. The van der Waals surface area contributed by atoms with Crippen LogP contribution in [0.15, 0.2) is 28.9 Å². The molecule has 0 saturated carbocycles. The minimum absolute atomic E-state index is 0.0556. The fourth-order valence-electron chi connectivity index (χ4n) is 1.72. The summed E-state index contributed by atoms with van der Waals surface area (Å²) in [6.07, 6.45) is 12.2. The van der Waals surface area contributed by atoms with Gasteiger partial charge in [0.15, 0.2) is 0 Å². The number of hydrogen-bond donors (Lipinski definition) is 1. The van der Waals surface area contributed by atoms with Gasteiger partial charge in [-0.15, -0.1) is 0 Å². The zero-order chi connectivity index (χ0) is 13.1. The van der Waals surface area contributed by atoms with Gasteiger partial charge < -0.3 is 9.73 Å². The maximum atomic E-state index is 11.4. The van der Waals surface area contributed by atoms with Crippen LogP contribution < -0.4 is 5.32 Å². The molecule has 0 fully saturated rings. The molecular weight excluding hydrogens is 226 g/mol. The summed E-state index contributed by atoms with van der Waals surface area (Å²) in [7, 11) is 0. The van der Waals surface area contributed by atoms with Crippen molar-refractivity contribution < 1.29 is 9.21 Å². The zero-order valence-electron chi connectivity index (χ0n) is 11.2. The predicted octanol–water partition coefficient (Wildman–Crippen LogP) is 3.77. The van der Waals surface area contributed by atoms with Gasteiger partial charge >= 0.3 is 0 Å². The number of unbranched alkanes of at least 4 members (excludes halogenated alkanes) is 5. The SMILES string of the molecule is CCCCCCCCNC(=O)C=Cc1ccco1. The van der Waals surface area contributed by atoms with Gasteiger partial charge in [-0.1, -0.05) is 39.0 Å². The third-order valence-electron chi connectivity index (χ3n) is 2.77. The molecule has 1 amide bonds. The fraction of sp³-hybridized carbons (Fsp3) is 0.533. The zero-order valence-corrected chi connectivity index (χ0v) is 11.2. The van der Waals surface area contributed by atoms with Gasteiger partial charge in [0.1, 0.15) is 5.76 Å². The van der Waals surface area contributed by atoms with E-state index in [-0.39, 0.29) is 5.91 Å². The Kier molecular flexibility index (Phi) is 7.69. The third-order valence-corrected chi connectivity index (χ3v) is 2.77. The summed E-state index contributed by atoms with van der Waals surface area (Å²) in [5.74, 6) is 0.643. The third kappa shape index (κ3) is 6.94. The molecule has 0 atom stereocenters. The highest BCUT2D eigenvalue weighted by Gasteiger charge is 1.96. The van der Waals surface area contributed by atoms with Crippen molar-refractivity contribution in [1.29, 1.82) is 0 Å². The number of amides is 1. The van der Waals surface area contributed by atoms with E-state index in [4.69, 9.17) is 4.42 Å². The lowest BCUT2D eigenvalue weighted by molar-refractivity contribution is -0.116. The molecule has 0 aliphatic rings. The first-order valence-electron chi connectivity index (χ1n) is 6.82. The molecule has 3 heteroatoms. The van der Waals surface area contributed by atoms with E-state index >= 15 is 0 Å². The van der Waals surface area contributed by atoms with Crippen molar-refractivity contribution in [2.75, 3.05) is 6.54 Å². The lowest BCUT2D eigenvalue weighted by Gasteiger charge is -2.02. The molecule has 1 aromatic heterocycles. The van der Waals surface area contributed by atoms with Crippen molar-refractivity contribution in [2.24, 2.45) is 0 Å². The molecule has 0 saturated heterocycles. The Labute approximate surface area is 109 Å². The Hall–Kier alpha value is -1.51. The van der Waals surface area contributed by atoms with E-state index in [0.29, 0.717) is 5.76 Å². The summed E-state index contributed by atoms with van der Waals surface area (Å²) in [6, 6.07) is 3.62. The fourth-order valence-corrected chi connectivity index (χ4v) is 1.72. The Morgan fingerprint density at radius 1 is 1.28 bits per heavy atom. The first-order valence-corrected chi connectivity index (χ1v) is 6.82. The van der Waals surface area contributed by atoms with Crippen LogP contribution in [0.5, 0.6) is 0 Å². The van der Waals surface area contributed by atoms with E-state index in [1.807, 2.05) is 6.07 Å². The summed E-state index contributed by atoms with van der Waals surface area (Å²) >= 11 is 0. The number of hydrogen-bond acceptors (Lipinski definition) is 2. The van der Waals surface area contributed by atoms with Crippen molar-refractivity contribution >= 4 is 12.0 Å². The van der Waals surface area contributed by atoms with Crippen LogP contribution in [0.4, 0.5) is 0 Å². The van der Waals surface area contributed by atoms with Gasteiger partial charge in [-0.3, -0.25) is 4.79 Å². The summed E-state index contributed by atoms with van der Waals surface area (Å²) in [4.78, 5) is 11.4. The van der Waals surface area contributed by atoms with Crippen molar-refractivity contribution in [3.8, 4) is 0 Å². The number of furan rings is 1. The first-order chi connectivity index (χ1) is 8.83. The van der Waals surface area contributed by atoms with Gasteiger partial charge in [0.05, 0.1) is 6.26 Å². The van der Waals surface area contributed by atoms with E-state index in [9.17, 15) is 4.79 Å². The van der Waals surface area contributed by atoms with Crippen molar-refractivity contribution in [3.63, 3.8) is 0 Å². The second kappa shape index (κ2) is 9.51. The lowest BCUT2D eigenvalue weighted by atomic mass is 10.1. The van der Waals surface area contributed by atoms with Gasteiger partial charge in [-0.05, 0) is 24.6 Å². The summed E-state index contributed by atoms with van der Waals surface area (Å²) in [5.41, 5.74) is 0. The Morgan fingerprint density at radius 3 is 2.78 bits per heavy atom. The monoisotopic (exact) mass is 249 g/mol. The standard InChI is InChI=1S/C15H23NO2/c1-2-3-4-5-6-7-12-16-15(17)11-10-14-9-8-13-18-14/h8-11,13H,2-7,12H2,1H3,(H,16,17). The predicted molar refractivity (Wildman–Crippen MR) is 74.1 cm³/mol. The average Bonchev–Trinajstić information content (AvgIpc) is 2.88.